The SMILES string of the molecule is Cc1cc(C)c(-c2cccc[n+]2C)c(C)c1.Cc1ccc(C)c(-c2cccc[n+]2C)c1C.Cc1ccc(C)c(-c2cccc[n+]2C)c1C.[2H]C([2H])([2H])c1cc(C)c(-c2cccc[n+]2C)c(C)c1.[2H]C([2H])([2H])c1cc(C)c(-c2cccc[n+]2C)cc1C. The van der Waals surface area contributed by atoms with Gasteiger partial charge in [0.2, 0.25) is 28.5 Å². The van der Waals surface area contributed by atoms with Gasteiger partial charge in [-0.3, -0.25) is 0 Å². The van der Waals surface area contributed by atoms with Crippen LogP contribution >= 0.6 is 0 Å². The maximum Gasteiger partial charge on any atom is 0.212 e. The molecule has 0 saturated heterocycles. The van der Waals surface area contributed by atoms with Crippen LogP contribution in [-0.2, 0) is 35.2 Å². The number of aryl methyl sites for hydroxylation is 18. The first-order chi connectivity index (χ1) is 40.4. The predicted octanol–water partition coefficient (Wildman–Crippen LogP) is 15.5. The summed E-state index contributed by atoms with van der Waals surface area (Å²) in [6, 6.07) is 51.5. The molecular formula is C75H90N5+5. The average molecular weight is 1070 g/mol. The molecule has 5 aromatic carbocycles. The topological polar surface area (TPSA) is 19.4 Å². The van der Waals surface area contributed by atoms with Crippen LogP contribution in [0.5, 0.6) is 0 Å². The molecule has 5 aromatic heterocycles. The second-order valence-electron chi connectivity index (χ2n) is 21.6. The fraction of sp³-hybridized carbons (Fsp3) is 0.267. The maximum atomic E-state index is 7.56. The minimum absolute atomic E-state index is 0.407. The van der Waals surface area contributed by atoms with Gasteiger partial charge in [-0.2, -0.15) is 0 Å². The van der Waals surface area contributed by atoms with Crippen molar-refractivity contribution in [1.29, 1.82) is 0 Å². The number of hydrogen-bond acceptors (Lipinski definition) is 0. The van der Waals surface area contributed by atoms with E-state index in [0.29, 0.717) is 11.1 Å². The highest BCUT2D eigenvalue weighted by molar-refractivity contribution is 5.69. The molecule has 0 aliphatic carbocycles. The first-order valence-electron chi connectivity index (χ1n) is 30.6. The summed E-state index contributed by atoms with van der Waals surface area (Å²) in [5.74, 6) is 0. The summed E-state index contributed by atoms with van der Waals surface area (Å²) in [5, 5.41) is 0. The standard InChI is InChI=1S/5C15H18N/c2*1-11-8-9-12(2)15(13(11)3)14-7-5-6-10-16(14)4;1-11-9-13(3)14(10-12(11)2)15-7-5-6-8-16(15)4;2*1-11-9-12(2)15(13(3)10-11)14-7-5-6-8-16(14)4/h5*5-10H,1-4H3/q5*+1/i;;2*1D3;. The van der Waals surface area contributed by atoms with Gasteiger partial charge in [-0.1, -0.05) is 65.7 Å². The van der Waals surface area contributed by atoms with Crippen molar-refractivity contribution in [1.82, 2.24) is 0 Å². The molecule has 5 heterocycles. The Kier molecular flexibility index (Phi) is 18.1. The number of benzene rings is 5. The Morgan fingerprint density at radius 2 is 0.562 bits per heavy atom. The third-order valence-electron chi connectivity index (χ3n) is 15.2. The number of rotatable bonds is 5. The fourth-order valence-electron chi connectivity index (χ4n) is 10.7. The van der Waals surface area contributed by atoms with Gasteiger partial charge in [0.05, 0.1) is 22.3 Å². The quantitative estimate of drug-likeness (QED) is 0.153. The van der Waals surface area contributed by atoms with E-state index in [2.05, 4.69) is 207 Å². The van der Waals surface area contributed by atoms with E-state index in [1.807, 2.05) is 106 Å². The van der Waals surface area contributed by atoms with E-state index >= 15 is 0 Å². The minimum Gasteiger partial charge on any atom is -0.201 e. The molecule has 0 radical (unpaired) electrons. The zero-order chi connectivity index (χ0) is 63.5. The molecule has 0 spiro atoms. The Hall–Kier alpha value is -8.15. The van der Waals surface area contributed by atoms with Crippen LogP contribution in [0.15, 0.2) is 183 Å². The highest BCUT2D eigenvalue weighted by Crippen LogP contribution is 2.30. The van der Waals surface area contributed by atoms with Crippen LogP contribution in [0.2, 0.25) is 0 Å². The molecular weight excluding hydrogens is 971 g/mol. The summed E-state index contributed by atoms with van der Waals surface area (Å²) < 4.78 is 55.8. The molecule has 0 fully saturated rings. The molecule has 10 aromatic rings. The molecule has 0 aliphatic rings. The van der Waals surface area contributed by atoms with Crippen LogP contribution in [0.25, 0.3) is 56.3 Å². The van der Waals surface area contributed by atoms with Gasteiger partial charge in [0.25, 0.3) is 0 Å². The van der Waals surface area contributed by atoms with E-state index in [9.17, 15) is 0 Å². The molecule has 410 valence electrons. The number of aromatic nitrogens is 5. The molecule has 5 heteroatoms. The number of hydrogen-bond donors (Lipinski definition) is 0. The Morgan fingerprint density at radius 3 is 0.887 bits per heavy atom. The molecule has 0 atom stereocenters. The summed E-state index contributed by atoms with van der Waals surface area (Å²) in [5.41, 5.74) is 29.1. The average Bonchev–Trinajstić information content (AvgIpc) is 2.03. The Bertz CT molecular complexity index is 3880. The zero-order valence-corrected chi connectivity index (χ0v) is 51.1. The molecule has 0 bridgehead atoms. The number of pyridine rings is 5. The van der Waals surface area contributed by atoms with Crippen LogP contribution in [0.1, 0.15) is 91.7 Å². The third kappa shape index (κ3) is 14.9. The smallest absolute Gasteiger partial charge is 0.201 e. The van der Waals surface area contributed by atoms with Gasteiger partial charge < -0.3 is 0 Å². The molecule has 5 nitrogen and oxygen atoms in total. The monoisotopic (exact) mass is 1070 g/mol. The lowest BCUT2D eigenvalue weighted by molar-refractivity contribution is -0.660. The van der Waals surface area contributed by atoms with Gasteiger partial charge in [0.15, 0.2) is 31.0 Å². The van der Waals surface area contributed by atoms with E-state index in [4.69, 9.17) is 8.22 Å². The second kappa shape index (κ2) is 27.6. The van der Waals surface area contributed by atoms with Gasteiger partial charge in [-0.15, -0.1) is 0 Å². The van der Waals surface area contributed by atoms with Crippen molar-refractivity contribution < 1.29 is 31.1 Å². The van der Waals surface area contributed by atoms with Crippen molar-refractivity contribution in [3.8, 4) is 56.3 Å². The molecule has 0 unspecified atom stereocenters. The van der Waals surface area contributed by atoms with E-state index in [1.165, 1.54) is 83.8 Å². The van der Waals surface area contributed by atoms with Crippen LogP contribution in [-0.4, -0.2) is 0 Å². The first-order valence-corrected chi connectivity index (χ1v) is 27.6. The summed E-state index contributed by atoms with van der Waals surface area (Å²) in [6.07, 6.45) is 10.3. The van der Waals surface area contributed by atoms with Crippen molar-refractivity contribution in [3.05, 3.63) is 266 Å². The summed E-state index contributed by atoms with van der Waals surface area (Å²) in [7, 11) is 10.3. The predicted molar refractivity (Wildman–Crippen MR) is 336 cm³/mol. The molecule has 80 heavy (non-hydrogen) atoms. The molecule has 0 N–H and O–H groups in total. The number of nitrogens with zero attached hydrogens (tertiary/aromatic N) is 5. The van der Waals surface area contributed by atoms with Gasteiger partial charge >= 0.3 is 0 Å². The van der Waals surface area contributed by atoms with E-state index in [1.54, 1.807) is 18.2 Å². The lowest BCUT2D eigenvalue weighted by Gasteiger charge is -2.10. The summed E-state index contributed by atoms with van der Waals surface area (Å²) in [6.45, 7) is 23.2. The van der Waals surface area contributed by atoms with Crippen LogP contribution in [0, 0.1) is 104 Å². The zero-order valence-electron chi connectivity index (χ0n) is 57.1. The largest absolute Gasteiger partial charge is 0.212 e. The van der Waals surface area contributed by atoms with E-state index in [-0.39, 0.29) is 0 Å². The Morgan fingerprint density at radius 1 is 0.250 bits per heavy atom. The van der Waals surface area contributed by atoms with Gasteiger partial charge in [-0.05, 0) is 212 Å². The van der Waals surface area contributed by atoms with Crippen molar-refractivity contribution >= 4 is 0 Å². The van der Waals surface area contributed by atoms with Gasteiger partial charge in [-0.25, -0.2) is 22.8 Å². The molecule has 0 amide bonds. The molecule has 0 saturated carbocycles. The molecule has 0 aliphatic heterocycles. The van der Waals surface area contributed by atoms with Crippen molar-refractivity contribution in [2.75, 3.05) is 0 Å². The first kappa shape index (κ1) is 52.5. The fourth-order valence-corrected chi connectivity index (χ4v) is 10.7. The highest BCUT2D eigenvalue weighted by atomic mass is 14.9. The van der Waals surface area contributed by atoms with E-state index in [0.717, 1.165) is 44.8 Å². The van der Waals surface area contributed by atoms with Crippen molar-refractivity contribution in [3.63, 3.8) is 0 Å². The van der Waals surface area contributed by atoms with Gasteiger partial charge in [0, 0.05) is 74.5 Å². The summed E-state index contributed by atoms with van der Waals surface area (Å²) >= 11 is 0. The molecule has 10 rings (SSSR count). The van der Waals surface area contributed by atoms with Crippen LogP contribution in [0.3, 0.4) is 0 Å². The maximum absolute atomic E-state index is 7.56. The van der Waals surface area contributed by atoms with Crippen LogP contribution in [0.4, 0.5) is 0 Å². The minimum atomic E-state index is -2.05. The third-order valence-corrected chi connectivity index (χ3v) is 15.2. The Balaban J connectivity index is 0.000000172. The normalized spacial score (nSPS) is 11.9. The lowest BCUT2D eigenvalue weighted by atomic mass is 9.95. The summed E-state index contributed by atoms with van der Waals surface area (Å²) in [4.78, 5) is 0. The second-order valence-corrected chi connectivity index (χ2v) is 21.6. The van der Waals surface area contributed by atoms with E-state index < -0.39 is 13.7 Å². The van der Waals surface area contributed by atoms with Gasteiger partial charge in [0.1, 0.15) is 35.2 Å². The lowest BCUT2D eigenvalue weighted by Crippen LogP contribution is -2.30. The highest BCUT2D eigenvalue weighted by Gasteiger charge is 2.19. The Labute approximate surface area is 490 Å². The van der Waals surface area contributed by atoms with Crippen molar-refractivity contribution in [2.24, 2.45) is 35.2 Å². The van der Waals surface area contributed by atoms with Crippen LogP contribution < -0.4 is 22.8 Å². The van der Waals surface area contributed by atoms with Crippen molar-refractivity contribution in [2.45, 2.75) is 104 Å².